The van der Waals surface area contributed by atoms with Crippen LogP contribution in [0.3, 0.4) is 0 Å². The van der Waals surface area contributed by atoms with Gasteiger partial charge < -0.3 is 67.0 Å². The lowest BCUT2D eigenvalue weighted by Crippen LogP contribution is -2.37. The SMILES string of the molecule is Cn1cc(NC(=O)c2cc(NC(=O)CN)cn2C)cc1C(=O)NCCNCCNC(=O)c1cc(NC(=O)c2cc(NC(=O)CN)cn2C)cn1C. The molecule has 0 aliphatic rings. The number of amides is 6. The summed E-state index contributed by atoms with van der Waals surface area (Å²) in [5.41, 5.74) is 13.6. The maximum Gasteiger partial charge on any atom is 0.272 e. The van der Waals surface area contributed by atoms with Crippen LogP contribution in [-0.2, 0) is 37.8 Å². The van der Waals surface area contributed by atoms with Gasteiger partial charge >= 0.3 is 0 Å². The van der Waals surface area contributed by atoms with Crippen molar-refractivity contribution in [3.05, 3.63) is 71.8 Å². The zero-order chi connectivity index (χ0) is 37.2. The molecule has 0 atom stereocenters. The van der Waals surface area contributed by atoms with Crippen LogP contribution in [0.25, 0.3) is 0 Å². The van der Waals surface area contributed by atoms with Crippen molar-refractivity contribution in [3.8, 4) is 0 Å². The van der Waals surface area contributed by atoms with Gasteiger partial charge in [0.25, 0.3) is 23.6 Å². The Kier molecular flexibility index (Phi) is 12.5. The highest BCUT2D eigenvalue weighted by Gasteiger charge is 2.18. The van der Waals surface area contributed by atoms with E-state index >= 15 is 0 Å². The molecule has 0 radical (unpaired) electrons. The van der Waals surface area contributed by atoms with Crippen LogP contribution in [0.1, 0.15) is 42.0 Å². The molecule has 0 spiro atoms. The Morgan fingerprint density at radius 2 is 0.765 bits per heavy atom. The average Bonchev–Trinajstić information content (AvgIpc) is 3.85. The van der Waals surface area contributed by atoms with Crippen molar-refractivity contribution in [2.45, 2.75) is 0 Å². The number of nitrogens with one attached hydrogen (secondary N) is 7. The Morgan fingerprint density at radius 1 is 0.471 bits per heavy atom. The molecule has 0 bridgehead atoms. The van der Waals surface area contributed by atoms with Crippen molar-refractivity contribution in [2.75, 3.05) is 60.5 Å². The van der Waals surface area contributed by atoms with Crippen LogP contribution >= 0.6 is 0 Å². The number of aromatic nitrogens is 4. The molecule has 4 rings (SSSR count). The van der Waals surface area contributed by atoms with Crippen LogP contribution in [0.4, 0.5) is 22.7 Å². The summed E-state index contributed by atoms with van der Waals surface area (Å²) in [6.07, 6.45) is 6.41. The predicted octanol–water partition coefficient (Wildman–Crippen LogP) is -0.911. The molecular weight excluding hydrogens is 662 g/mol. The highest BCUT2D eigenvalue weighted by Crippen LogP contribution is 2.19. The standard InChI is InChI=1S/C32H43N13O6/c1-42-17-21(40-31(50)25-9-19(15-44(25)3)38-27(46)13-33)11-23(42)29(48)36-7-5-35-6-8-37-30(49)24-12-22(18-43(24)2)41-32(51)26-10-20(16-45(26)4)39-28(47)14-34/h9-12,15-18,35H,5-8,13-14,33-34H2,1-4H3,(H,36,48)(H,37,49)(H,38,46)(H,39,47)(H,40,50)(H,41,51). The lowest BCUT2D eigenvalue weighted by molar-refractivity contribution is -0.115. The molecule has 0 saturated carbocycles. The van der Waals surface area contributed by atoms with Crippen LogP contribution in [0.15, 0.2) is 49.1 Å². The molecule has 4 aromatic heterocycles. The summed E-state index contributed by atoms with van der Waals surface area (Å²) in [6, 6.07) is 6.16. The van der Waals surface area contributed by atoms with Gasteiger partial charge in [0.05, 0.1) is 35.8 Å². The number of rotatable bonds is 16. The first-order valence-corrected chi connectivity index (χ1v) is 15.8. The quantitative estimate of drug-likeness (QED) is 0.0653. The highest BCUT2D eigenvalue weighted by molar-refractivity contribution is 6.06. The minimum absolute atomic E-state index is 0.181. The maximum atomic E-state index is 12.8. The van der Waals surface area contributed by atoms with Gasteiger partial charge in [-0.25, -0.2) is 0 Å². The van der Waals surface area contributed by atoms with Crippen molar-refractivity contribution in [2.24, 2.45) is 39.7 Å². The lowest BCUT2D eigenvalue weighted by Gasteiger charge is -2.09. The average molecular weight is 706 g/mol. The number of anilines is 4. The molecule has 4 heterocycles. The minimum atomic E-state index is -0.423. The molecule has 0 fully saturated rings. The summed E-state index contributed by atoms with van der Waals surface area (Å²) >= 11 is 0. The smallest absolute Gasteiger partial charge is 0.272 e. The number of hydrogen-bond acceptors (Lipinski definition) is 9. The van der Waals surface area contributed by atoms with E-state index in [4.69, 9.17) is 11.5 Å². The van der Waals surface area contributed by atoms with Crippen LogP contribution in [0, 0.1) is 0 Å². The number of nitrogens with zero attached hydrogens (tertiary/aromatic N) is 4. The van der Waals surface area contributed by atoms with Gasteiger partial charge in [0.2, 0.25) is 11.8 Å². The Balaban J connectivity index is 1.16. The number of carbonyl (C=O) groups excluding carboxylic acids is 6. The van der Waals surface area contributed by atoms with E-state index in [0.717, 1.165) is 0 Å². The maximum absolute atomic E-state index is 12.8. The number of aryl methyl sites for hydroxylation is 4. The predicted molar refractivity (Wildman–Crippen MR) is 190 cm³/mol. The number of hydrogen-bond donors (Lipinski definition) is 9. The third-order valence-electron chi connectivity index (χ3n) is 7.58. The summed E-state index contributed by atoms with van der Waals surface area (Å²) in [5, 5.41) is 19.5. The minimum Gasteiger partial charge on any atom is -0.349 e. The highest BCUT2D eigenvalue weighted by atomic mass is 16.2. The summed E-state index contributed by atoms with van der Waals surface area (Å²) < 4.78 is 6.31. The van der Waals surface area contributed by atoms with Gasteiger partial charge in [0.1, 0.15) is 22.8 Å². The molecule has 19 nitrogen and oxygen atoms in total. The summed E-state index contributed by atoms with van der Waals surface area (Å²) in [4.78, 5) is 74.3. The van der Waals surface area contributed by atoms with E-state index in [1.807, 2.05) is 0 Å². The molecule has 272 valence electrons. The monoisotopic (exact) mass is 705 g/mol. The molecule has 0 aliphatic carbocycles. The molecule has 0 aromatic carbocycles. The largest absolute Gasteiger partial charge is 0.349 e. The van der Waals surface area contributed by atoms with Gasteiger partial charge in [-0.1, -0.05) is 0 Å². The Bertz CT molecular complexity index is 1800. The topological polar surface area (TPSA) is 258 Å². The summed E-state index contributed by atoms with van der Waals surface area (Å²) in [6.45, 7) is 1.12. The second-order valence-electron chi connectivity index (χ2n) is 11.6. The van der Waals surface area contributed by atoms with E-state index in [2.05, 4.69) is 37.2 Å². The Hall–Kier alpha value is -6.18. The third-order valence-corrected chi connectivity index (χ3v) is 7.58. The van der Waals surface area contributed by atoms with Gasteiger partial charge in [-0.2, -0.15) is 0 Å². The van der Waals surface area contributed by atoms with E-state index in [9.17, 15) is 28.8 Å². The van der Waals surface area contributed by atoms with Gasteiger partial charge in [-0.05, 0) is 24.3 Å². The summed E-state index contributed by atoms with van der Waals surface area (Å²) in [5.74, 6) is -2.28. The molecule has 4 aromatic rings. The normalized spacial score (nSPS) is 10.8. The Labute approximate surface area is 293 Å². The zero-order valence-corrected chi connectivity index (χ0v) is 28.8. The van der Waals surface area contributed by atoms with Crippen LogP contribution in [0.5, 0.6) is 0 Å². The third kappa shape index (κ3) is 9.94. The Morgan fingerprint density at radius 3 is 1.08 bits per heavy atom. The van der Waals surface area contributed by atoms with Crippen molar-refractivity contribution in [3.63, 3.8) is 0 Å². The molecule has 0 aliphatic heterocycles. The second kappa shape index (κ2) is 17.0. The van der Waals surface area contributed by atoms with Crippen LogP contribution in [-0.4, -0.2) is 93.0 Å². The van der Waals surface area contributed by atoms with E-state index in [1.165, 1.54) is 12.1 Å². The van der Waals surface area contributed by atoms with Crippen molar-refractivity contribution >= 4 is 58.2 Å². The number of carbonyl (C=O) groups is 6. The van der Waals surface area contributed by atoms with Gasteiger partial charge in [0, 0.05) is 79.2 Å². The van der Waals surface area contributed by atoms with Crippen molar-refractivity contribution in [1.82, 2.24) is 34.2 Å². The van der Waals surface area contributed by atoms with E-state index in [1.54, 1.807) is 83.4 Å². The van der Waals surface area contributed by atoms with E-state index in [0.29, 0.717) is 71.7 Å². The first-order valence-electron chi connectivity index (χ1n) is 15.8. The zero-order valence-electron chi connectivity index (χ0n) is 28.8. The first-order chi connectivity index (χ1) is 24.3. The van der Waals surface area contributed by atoms with Gasteiger partial charge in [0.15, 0.2) is 0 Å². The molecular formula is C32H43N13O6. The fraction of sp³-hybridized carbons (Fsp3) is 0.312. The van der Waals surface area contributed by atoms with Gasteiger partial charge in [-0.15, -0.1) is 0 Å². The van der Waals surface area contributed by atoms with E-state index in [-0.39, 0.29) is 36.7 Å². The molecule has 11 N–H and O–H groups in total. The first kappa shape index (κ1) is 37.6. The molecule has 51 heavy (non-hydrogen) atoms. The van der Waals surface area contributed by atoms with Crippen LogP contribution in [0.2, 0.25) is 0 Å². The summed E-state index contributed by atoms with van der Waals surface area (Å²) in [7, 11) is 6.70. The van der Waals surface area contributed by atoms with Gasteiger partial charge in [-0.3, -0.25) is 28.8 Å². The molecule has 19 heteroatoms. The van der Waals surface area contributed by atoms with Crippen molar-refractivity contribution < 1.29 is 28.8 Å². The second-order valence-corrected chi connectivity index (χ2v) is 11.6. The lowest BCUT2D eigenvalue weighted by atomic mass is 10.3. The fourth-order valence-electron chi connectivity index (χ4n) is 5.08. The number of nitrogens with two attached hydrogens (primary N) is 2. The molecule has 0 unspecified atom stereocenters. The van der Waals surface area contributed by atoms with Crippen LogP contribution < -0.4 is 48.7 Å². The molecule has 6 amide bonds. The fourth-order valence-corrected chi connectivity index (χ4v) is 5.08. The van der Waals surface area contributed by atoms with Crippen molar-refractivity contribution in [1.29, 1.82) is 0 Å². The van der Waals surface area contributed by atoms with E-state index < -0.39 is 11.8 Å². The molecule has 0 saturated heterocycles.